The van der Waals surface area contributed by atoms with Crippen LogP contribution in [0.4, 0.5) is 0 Å². The molecule has 1 aromatic heterocycles. The van der Waals surface area contributed by atoms with Gasteiger partial charge >= 0.3 is 5.97 Å². The minimum absolute atomic E-state index is 0.0180. The molecule has 0 aliphatic carbocycles. The van der Waals surface area contributed by atoms with Gasteiger partial charge in [0.2, 0.25) is 17.7 Å². The highest BCUT2D eigenvalue weighted by Crippen LogP contribution is 2.19. The largest absolute Gasteiger partial charge is 0.508 e. The van der Waals surface area contributed by atoms with Gasteiger partial charge in [-0.1, -0.05) is 44.2 Å². The van der Waals surface area contributed by atoms with E-state index < -0.39 is 41.8 Å². The fourth-order valence-corrected chi connectivity index (χ4v) is 4.10. The molecule has 11 heteroatoms. The van der Waals surface area contributed by atoms with Crippen LogP contribution in [0.1, 0.15) is 25.0 Å². The molecular formula is C27H33N5O6. The standard InChI is InChI=1S/C27H33N5O6/c1-15(2)24(26(36)31-22(27(37)38)11-16-7-9-18(33)10-8-16)32-25(35)21(30-23(34)13-28)12-17-14-29-20-6-4-3-5-19(17)20/h3-10,14-15,21-22,24,29,33H,11-13,28H2,1-2H3,(H,30,34)(H,31,36)(H,32,35)(H,37,38). The molecule has 38 heavy (non-hydrogen) atoms. The maximum absolute atomic E-state index is 13.3. The van der Waals surface area contributed by atoms with E-state index in [9.17, 15) is 29.4 Å². The first kappa shape index (κ1) is 28.2. The number of hydrogen-bond donors (Lipinski definition) is 7. The zero-order valence-corrected chi connectivity index (χ0v) is 21.2. The highest BCUT2D eigenvalue weighted by atomic mass is 16.4. The Bertz CT molecular complexity index is 1290. The highest BCUT2D eigenvalue weighted by Gasteiger charge is 2.31. The summed E-state index contributed by atoms with van der Waals surface area (Å²) in [6.07, 6.45) is 1.88. The smallest absolute Gasteiger partial charge is 0.326 e. The number of nitrogens with two attached hydrogens (primary N) is 1. The molecule has 202 valence electrons. The third-order valence-electron chi connectivity index (χ3n) is 6.17. The number of amides is 3. The predicted molar refractivity (Wildman–Crippen MR) is 141 cm³/mol. The summed E-state index contributed by atoms with van der Waals surface area (Å²) in [5.41, 5.74) is 7.72. The number of phenols is 1. The lowest BCUT2D eigenvalue weighted by Crippen LogP contribution is -2.58. The van der Waals surface area contributed by atoms with Crippen molar-refractivity contribution in [2.45, 2.75) is 44.8 Å². The average Bonchev–Trinajstić information content (AvgIpc) is 3.29. The van der Waals surface area contributed by atoms with Crippen molar-refractivity contribution in [2.24, 2.45) is 11.7 Å². The van der Waals surface area contributed by atoms with Crippen LogP contribution in [0.15, 0.2) is 54.7 Å². The van der Waals surface area contributed by atoms with Crippen LogP contribution in [-0.2, 0) is 32.0 Å². The summed E-state index contributed by atoms with van der Waals surface area (Å²) in [6.45, 7) is 3.12. The van der Waals surface area contributed by atoms with Crippen molar-refractivity contribution in [1.29, 1.82) is 0 Å². The van der Waals surface area contributed by atoms with Gasteiger partial charge in [0.1, 0.15) is 23.9 Å². The zero-order valence-electron chi connectivity index (χ0n) is 21.2. The number of aromatic nitrogens is 1. The number of carbonyl (C=O) groups is 4. The van der Waals surface area contributed by atoms with E-state index in [1.807, 2.05) is 24.3 Å². The van der Waals surface area contributed by atoms with Gasteiger partial charge < -0.3 is 36.9 Å². The van der Waals surface area contributed by atoms with Gasteiger partial charge in [0.15, 0.2) is 0 Å². The third-order valence-corrected chi connectivity index (χ3v) is 6.17. The van der Waals surface area contributed by atoms with E-state index in [4.69, 9.17) is 5.73 Å². The van der Waals surface area contributed by atoms with Crippen LogP contribution in [0.25, 0.3) is 10.9 Å². The van der Waals surface area contributed by atoms with E-state index in [-0.39, 0.29) is 31.1 Å². The fourth-order valence-electron chi connectivity index (χ4n) is 4.10. The minimum Gasteiger partial charge on any atom is -0.508 e. The normalized spacial score (nSPS) is 13.5. The number of carboxylic acids is 1. The highest BCUT2D eigenvalue weighted by molar-refractivity contribution is 5.94. The van der Waals surface area contributed by atoms with Gasteiger partial charge in [-0.3, -0.25) is 14.4 Å². The summed E-state index contributed by atoms with van der Waals surface area (Å²) < 4.78 is 0. The number of aromatic hydroxyl groups is 1. The van der Waals surface area contributed by atoms with Gasteiger partial charge in [0.25, 0.3) is 0 Å². The molecule has 0 aliphatic rings. The second kappa shape index (κ2) is 12.7. The number of carboxylic acid groups (broad SMARTS) is 1. The van der Waals surface area contributed by atoms with Crippen LogP contribution < -0.4 is 21.7 Å². The molecule has 0 saturated heterocycles. The van der Waals surface area contributed by atoms with Crippen molar-refractivity contribution < 1.29 is 29.4 Å². The first-order valence-corrected chi connectivity index (χ1v) is 12.2. The second-order valence-corrected chi connectivity index (χ2v) is 9.39. The molecule has 0 fully saturated rings. The number of nitrogens with one attached hydrogen (secondary N) is 4. The Labute approximate surface area is 219 Å². The Morgan fingerprint density at radius 1 is 0.895 bits per heavy atom. The molecule has 0 saturated carbocycles. The number of fused-ring (bicyclic) bond motifs is 1. The number of aromatic amines is 1. The molecule has 0 aliphatic heterocycles. The molecule has 3 aromatic rings. The maximum atomic E-state index is 13.3. The predicted octanol–water partition coefficient (Wildman–Crippen LogP) is 0.812. The lowest BCUT2D eigenvalue weighted by molar-refractivity contribution is -0.142. The van der Waals surface area contributed by atoms with E-state index in [1.165, 1.54) is 12.1 Å². The van der Waals surface area contributed by atoms with Crippen molar-refractivity contribution in [2.75, 3.05) is 6.54 Å². The van der Waals surface area contributed by atoms with E-state index in [0.717, 1.165) is 16.5 Å². The Morgan fingerprint density at radius 2 is 1.58 bits per heavy atom. The lowest BCUT2D eigenvalue weighted by Gasteiger charge is -2.26. The quantitative estimate of drug-likeness (QED) is 0.183. The van der Waals surface area contributed by atoms with Crippen LogP contribution in [0.2, 0.25) is 0 Å². The van der Waals surface area contributed by atoms with Crippen molar-refractivity contribution in [3.8, 4) is 5.75 Å². The van der Waals surface area contributed by atoms with E-state index in [0.29, 0.717) is 5.56 Å². The SMILES string of the molecule is CC(C)C(NC(=O)C(Cc1c[nH]c2ccccc12)NC(=O)CN)C(=O)NC(Cc1ccc(O)cc1)C(=O)O. The average molecular weight is 524 g/mol. The number of phenolic OH excluding ortho intramolecular Hbond substituents is 1. The number of H-pyrrole nitrogens is 1. The van der Waals surface area contributed by atoms with E-state index in [1.54, 1.807) is 32.2 Å². The first-order valence-electron chi connectivity index (χ1n) is 12.2. The number of aliphatic carboxylic acids is 1. The molecule has 3 amide bonds. The molecule has 8 N–H and O–H groups in total. The third kappa shape index (κ3) is 7.32. The summed E-state index contributed by atoms with van der Waals surface area (Å²) in [6, 6.07) is 10.2. The van der Waals surface area contributed by atoms with Crippen molar-refractivity contribution >= 4 is 34.6 Å². The number of benzene rings is 2. The summed E-state index contributed by atoms with van der Waals surface area (Å²) in [5, 5.41) is 27.8. The zero-order chi connectivity index (χ0) is 27.8. The van der Waals surface area contributed by atoms with Crippen LogP contribution >= 0.6 is 0 Å². The van der Waals surface area contributed by atoms with Crippen LogP contribution in [-0.4, -0.2) is 63.6 Å². The van der Waals surface area contributed by atoms with Gasteiger partial charge in [0, 0.05) is 29.9 Å². The van der Waals surface area contributed by atoms with Crippen molar-refractivity contribution in [1.82, 2.24) is 20.9 Å². The monoisotopic (exact) mass is 523 g/mol. The summed E-state index contributed by atoms with van der Waals surface area (Å²) in [4.78, 5) is 53.5. The molecule has 1 heterocycles. The molecular weight excluding hydrogens is 490 g/mol. The van der Waals surface area contributed by atoms with Gasteiger partial charge in [-0.2, -0.15) is 0 Å². The van der Waals surface area contributed by atoms with Crippen LogP contribution in [0.5, 0.6) is 5.75 Å². The van der Waals surface area contributed by atoms with Gasteiger partial charge in [0.05, 0.1) is 6.54 Å². The molecule has 3 rings (SSSR count). The van der Waals surface area contributed by atoms with E-state index in [2.05, 4.69) is 20.9 Å². The van der Waals surface area contributed by atoms with Crippen molar-refractivity contribution in [3.63, 3.8) is 0 Å². The number of para-hydroxylation sites is 1. The maximum Gasteiger partial charge on any atom is 0.326 e. The summed E-state index contributed by atoms with van der Waals surface area (Å²) in [5.74, 6) is -3.40. The number of carbonyl (C=O) groups excluding carboxylic acids is 3. The fraction of sp³-hybridized carbons (Fsp3) is 0.333. The van der Waals surface area contributed by atoms with E-state index >= 15 is 0 Å². The van der Waals surface area contributed by atoms with Crippen LogP contribution in [0.3, 0.4) is 0 Å². The van der Waals surface area contributed by atoms with Crippen molar-refractivity contribution in [3.05, 3.63) is 65.9 Å². The molecule has 0 bridgehead atoms. The van der Waals surface area contributed by atoms with Gasteiger partial charge in [-0.15, -0.1) is 0 Å². The Balaban J connectivity index is 1.76. The molecule has 0 radical (unpaired) electrons. The first-order chi connectivity index (χ1) is 18.1. The topological polar surface area (TPSA) is 187 Å². The molecule has 0 spiro atoms. The molecule has 2 aromatic carbocycles. The summed E-state index contributed by atoms with van der Waals surface area (Å²) in [7, 11) is 0. The van der Waals surface area contributed by atoms with Gasteiger partial charge in [-0.05, 0) is 35.2 Å². The minimum atomic E-state index is -1.26. The molecule has 3 atom stereocenters. The van der Waals surface area contributed by atoms with Crippen LogP contribution in [0, 0.1) is 5.92 Å². The molecule has 3 unspecified atom stereocenters. The summed E-state index contributed by atoms with van der Waals surface area (Å²) >= 11 is 0. The Morgan fingerprint density at radius 3 is 2.21 bits per heavy atom. The van der Waals surface area contributed by atoms with Gasteiger partial charge in [-0.25, -0.2) is 4.79 Å². The second-order valence-electron chi connectivity index (χ2n) is 9.39. The molecule has 11 nitrogen and oxygen atoms in total. The Hall–Kier alpha value is -4.38. The Kier molecular flexibility index (Phi) is 9.44. The lowest BCUT2D eigenvalue weighted by atomic mass is 9.99. The number of hydrogen-bond acceptors (Lipinski definition) is 6. The number of rotatable bonds is 12.